The third kappa shape index (κ3) is 8.57. The van der Waals surface area contributed by atoms with Gasteiger partial charge < -0.3 is 10.2 Å². The summed E-state index contributed by atoms with van der Waals surface area (Å²) in [6.07, 6.45) is 2.05. The van der Waals surface area contributed by atoms with Gasteiger partial charge in [-0.25, -0.2) is 8.42 Å². The van der Waals surface area contributed by atoms with E-state index in [1.54, 1.807) is 12.1 Å². The van der Waals surface area contributed by atoms with Crippen LogP contribution in [0.15, 0.2) is 72.8 Å². The summed E-state index contributed by atoms with van der Waals surface area (Å²) in [6.45, 7) is 7.32. The molecule has 3 aromatic carbocycles. The SMILES string of the molecule is CCC(C)NC(=O)C(Cc1ccccc1)N(Cc1cccc(C)c1)C(=O)CN(c1ccc(C)c(Cl)c1)S(C)(=O)=O. The van der Waals surface area contributed by atoms with E-state index in [1.165, 1.54) is 11.0 Å². The van der Waals surface area contributed by atoms with E-state index >= 15 is 0 Å². The molecule has 0 saturated carbocycles. The summed E-state index contributed by atoms with van der Waals surface area (Å²) in [5, 5.41) is 3.42. The van der Waals surface area contributed by atoms with Crippen LogP contribution in [0.2, 0.25) is 5.02 Å². The number of sulfonamides is 1. The molecule has 1 N–H and O–H groups in total. The Morgan fingerprint density at radius 1 is 0.950 bits per heavy atom. The number of nitrogens with one attached hydrogen (secondary N) is 1. The highest BCUT2D eigenvalue weighted by atomic mass is 35.5. The van der Waals surface area contributed by atoms with Crippen LogP contribution in [0.1, 0.15) is 42.5 Å². The van der Waals surface area contributed by atoms with Crippen molar-refractivity contribution in [2.24, 2.45) is 0 Å². The highest BCUT2D eigenvalue weighted by Gasteiger charge is 2.33. The molecule has 2 atom stereocenters. The van der Waals surface area contributed by atoms with Gasteiger partial charge >= 0.3 is 0 Å². The second kappa shape index (κ2) is 13.8. The van der Waals surface area contributed by atoms with Gasteiger partial charge in [0.1, 0.15) is 12.6 Å². The van der Waals surface area contributed by atoms with Crippen molar-refractivity contribution in [3.8, 4) is 0 Å². The number of carbonyl (C=O) groups is 2. The second-order valence-electron chi connectivity index (χ2n) is 10.2. The van der Waals surface area contributed by atoms with Gasteiger partial charge in [0.2, 0.25) is 21.8 Å². The van der Waals surface area contributed by atoms with Crippen molar-refractivity contribution >= 4 is 39.1 Å². The Hall–Kier alpha value is -3.36. The van der Waals surface area contributed by atoms with Gasteiger partial charge in [-0.2, -0.15) is 0 Å². The van der Waals surface area contributed by atoms with Crippen LogP contribution in [0.3, 0.4) is 0 Å². The van der Waals surface area contributed by atoms with Crippen molar-refractivity contribution in [3.63, 3.8) is 0 Å². The molecule has 0 aromatic heterocycles. The van der Waals surface area contributed by atoms with Crippen LogP contribution in [0, 0.1) is 13.8 Å². The van der Waals surface area contributed by atoms with E-state index in [0.717, 1.165) is 39.2 Å². The van der Waals surface area contributed by atoms with E-state index in [9.17, 15) is 18.0 Å². The lowest BCUT2D eigenvalue weighted by Gasteiger charge is -2.34. The lowest BCUT2D eigenvalue weighted by molar-refractivity contribution is -0.140. The molecule has 3 aromatic rings. The molecule has 0 aliphatic rings. The van der Waals surface area contributed by atoms with Gasteiger partial charge in [-0.05, 0) is 56.0 Å². The number of nitrogens with zero attached hydrogens (tertiary/aromatic N) is 2. The minimum atomic E-state index is -3.86. The largest absolute Gasteiger partial charge is 0.352 e. The Bertz CT molecular complexity index is 1430. The van der Waals surface area contributed by atoms with Gasteiger partial charge in [0.05, 0.1) is 11.9 Å². The number of rotatable bonds is 12. The van der Waals surface area contributed by atoms with Crippen LogP contribution in [-0.4, -0.2) is 50.0 Å². The zero-order valence-corrected chi connectivity index (χ0v) is 25.3. The minimum Gasteiger partial charge on any atom is -0.352 e. The first kappa shape index (κ1) is 31.2. The highest BCUT2D eigenvalue weighted by Crippen LogP contribution is 2.26. The molecular weight excluding hydrogens is 546 g/mol. The molecule has 0 radical (unpaired) electrons. The lowest BCUT2D eigenvalue weighted by Crippen LogP contribution is -2.54. The summed E-state index contributed by atoms with van der Waals surface area (Å²) < 4.78 is 26.8. The fourth-order valence-corrected chi connectivity index (χ4v) is 5.37. The van der Waals surface area contributed by atoms with E-state index in [4.69, 9.17) is 11.6 Å². The Labute approximate surface area is 243 Å². The van der Waals surface area contributed by atoms with E-state index in [1.807, 2.05) is 82.3 Å². The maximum Gasteiger partial charge on any atom is 0.244 e. The standard InChI is InChI=1S/C31H38ClN3O4S/c1-6-24(4)33-31(37)29(18-25-12-8-7-9-13-25)34(20-26-14-10-11-22(2)17-26)30(36)21-35(40(5,38)39)27-16-15-23(3)28(32)19-27/h7-17,19,24,29H,6,18,20-21H2,1-5H3,(H,33,37). The van der Waals surface area contributed by atoms with Crippen LogP contribution < -0.4 is 9.62 Å². The summed E-state index contributed by atoms with van der Waals surface area (Å²) in [5.41, 5.74) is 3.81. The predicted octanol–water partition coefficient (Wildman–Crippen LogP) is 5.28. The van der Waals surface area contributed by atoms with Crippen molar-refractivity contribution in [1.82, 2.24) is 10.2 Å². The van der Waals surface area contributed by atoms with Gasteiger partial charge in [0.25, 0.3) is 0 Å². The fraction of sp³-hybridized carbons (Fsp3) is 0.355. The first-order valence-corrected chi connectivity index (χ1v) is 15.5. The summed E-state index contributed by atoms with van der Waals surface area (Å²) in [5.74, 6) is -0.785. The van der Waals surface area contributed by atoms with Gasteiger partial charge in [0.15, 0.2) is 0 Å². The molecule has 2 amide bonds. The number of amides is 2. The van der Waals surface area contributed by atoms with Crippen LogP contribution in [0.4, 0.5) is 5.69 Å². The van der Waals surface area contributed by atoms with Crippen molar-refractivity contribution in [2.45, 2.75) is 59.2 Å². The van der Waals surface area contributed by atoms with E-state index in [0.29, 0.717) is 5.02 Å². The molecule has 214 valence electrons. The van der Waals surface area contributed by atoms with E-state index < -0.39 is 28.5 Å². The molecule has 0 saturated heterocycles. The molecule has 2 unspecified atom stereocenters. The smallest absolute Gasteiger partial charge is 0.244 e. The van der Waals surface area contributed by atoms with Gasteiger partial charge in [-0.1, -0.05) is 84.8 Å². The van der Waals surface area contributed by atoms with Crippen molar-refractivity contribution in [2.75, 3.05) is 17.1 Å². The molecule has 3 rings (SSSR count). The van der Waals surface area contributed by atoms with Crippen LogP contribution in [0.25, 0.3) is 0 Å². The monoisotopic (exact) mass is 583 g/mol. The number of hydrogen-bond acceptors (Lipinski definition) is 4. The molecular formula is C31H38ClN3O4S. The number of halogens is 1. The normalized spacial score (nSPS) is 12.8. The number of benzene rings is 3. The Balaban J connectivity index is 2.07. The third-order valence-electron chi connectivity index (χ3n) is 6.83. The van der Waals surface area contributed by atoms with E-state index in [-0.39, 0.29) is 30.6 Å². The number of carbonyl (C=O) groups excluding carboxylic acids is 2. The maximum absolute atomic E-state index is 14.1. The Kier molecular flexibility index (Phi) is 10.8. The van der Waals surface area contributed by atoms with Crippen molar-refractivity contribution in [1.29, 1.82) is 0 Å². The summed E-state index contributed by atoms with van der Waals surface area (Å²) >= 11 is 6.30. The Morgan fingerprint density at radius 3 is 2.23 bits per heavy atom. The number of aryl methyl sites for hydroxylation is 2. The summed E-state index contributed by atoms with van der Waals surface area (Å²) in [4.78, 5) is 29.3. The topological polar surface area (TPSA) is 86.8 Å². The molecule has 40 heavy (non-hydrogen) atoms. The van der Waals surface area contributed by atoms with Crippen molar-refractivity contribution in [3.05, 3.63) is 100 Å². The lowest BCUT2D eigenvalue weighted by atomic mass is 10.0. The fourth-order valence-electron chi connectivity index (χ4n) is 4.35. The van der Waals surface area contributed by atoms with Crippen LogP contribution >= 0.6 is 11.6 Å². The zero-order valence-electron chi connectivity index (χ0n) is 23.7. The minimum absolute atomic E-state index is 0.0936. The van der Waals surface area contributed by atoms with E-state index in [2.05, 4.69) is 5.32 Å². The van der Waals surface area contributed by atoms with Gasteiger partial charge in [-0.3, -0.25) is 13.9 Å². The highest BCUT2D eigenvalue weighted by molar-refractivity contribution is 7.92. The average Bonchev–Trinajstić information content (AvgIpc) is 2.90. The quantitative estimate of drug-likeness (QED) is 0.314. The molecule has 7 nitrogen and oxygen atoms in total. The van der Waals surface area contributed by atoms with Crippen LogP contribution in [-0.2, 0) is 32.6 Å². The summed E-state index contributed by atoms with van der Waals surface area (Å²) in [6, 6.07) is 21.1. The Morgan fingerprint density at radius 2 is 1.62 bits per heavy atom. The average molecular weight is 584 g/mol. The van der Waals surface area contributed by atoms with Crippen LogP contribution in [0.5, 0.6) is 0 Å². The first-order chi connectivity index (χ1) is 18.9. The molecule has 0 heterocycles. The number of anilines is 1. The maximum atomic E-state index is 14.1. The molecule has 0 spiro atoms. The molecule has 0 bridgehead atoms. The predicted molar refractivity (Wildman–Crippen MR) is 162 cm³/mol. The second-order valence-corrected chi connectivity index (χ2v) is 12.6. The first-order valence-electron chi connectivity index (χ1n) is 13.3. The number of hydrogen-bond donors (Lipinski definition) is 1. The van der Waals surface area contributed by atoms with Gasteiger partial charge in [-0.15, -0.1) is 0 Å². The van der Waals surface area contributed by atoms with Crippen molar-refractivity contribution < 1.29 is 18.0 Å². The molecule has 9 heteroatoms. The molecule has 0 aliphatic carbocycles. The third-order valence-corrected chi connectivity index (χ3v) is 8.38. The summed E-state index contributed by atoms with van der Waals surface area (Å²) in [7, 11) is -3.86. The zero-order chi connectivity index (χ0) is 29.4. The molecule has 0 fully saturated rings. The van der Waals surface area contributed by atoms with Gasteiger partial charge in [0, 0.05) is 24.0 Å². The molecule has 0 aliphatic heterocycles.